The van der Waals surface area contributed by atoms with Gasteiger partial charge in [0.05, 0.1) is 0 Å². The molecule has 100 valence electrons. The monoisotopic (exact) mass is 251 g/mol. The number of nitrogens with zero attached hydrogens (tertiary/aromatic N) is 1. The summed E-state index contributed by atoms with van der Waals surface area (Å²) in [5.74, 6) is 0.616. The third-order valence-electron chi connectivity index (χ3n) is 2.86. The minimum Gasteiger partial charge on any atom is -0.356 e. The molecule has 0 aliphatic rings. The second kappa shape index (κ2) is 7.69. The molecule has 4 heteroatoms. The Balaban J connectivity index is 2.39. The fourth-order valence-electron chi connectivity index (χ4n) is 1.55. The van der Waals surface area contributed by atoms with Gasteiger partial charge in [-0.3, -0.25) is 4.99 Å². The van der Waals surface area contributed by atoms with Gasteiger partial charge in [0.15, 0.2) is 5.96 Å². The molecule has 0 fully saturated rings. The molecule has 1 aromatic rings. The predicted octanol–water partition coefficient (Wildman–Crippen LogP) is 2.33. The fourth-order valence-corrected chi connectivity index (χ4v) is 1.55. The van der Waals surface area contributed by atoms with Crippen molar-refractivity contribution in [2.45, 2.75) is 32.7 Å². The minimum atomic E-state index is -0.149. The minimum absolute atomic E-state index is 0.149. The topological polar surface area (TPSA) is 36.4 Å². The van der Waals surface area contributed by atoms with Crippen LogP contribution in [0.3, 0.4) is 0 Å². The average Bonchev–Trinajstić information content (AvgIpc) is 2.39. The second-order valence-corrected chi connectivity index (χ2v) is 4.29. The van der Waals surface area contributed by atoms with E-state index in [0.29, 0.717) is 19.0 Å². The van der Waals surface area contributed by atoms with Gasteiger partial charge in [0.2, 0.25) is 0 Å². The fraction of sp³-hybridized carbons (Fsp3) is 0.500. The predicted molar refractivity (Wildman–Crippen MR) is 74.4 cm³/mol. The number of benzene rings is 1. The summed E-state index contributed by atoms with van der Waals surface area (Å²) in [6.45, 7) is 4.88. The summed E-state index contributed by atoms with van der Waals surface area (Å²) in [6.07, 6.45) is 1.68. The van der Waals surface area contributed by atoms with Crippen LogP contribution in [0.15, 0.2) is 29.3 Å². The highest BCUT2D eigenvalue weighted by atomic mass is 19.1. The number of nitrogens with one attached hydrogen (secondary N) is 2. The first-order valence-corrected chi connectivity index (χ1v) is 6.38. The first-order valence-electron chi connectivity index (χ1n) is 6.38. The number of aliphatic imine (C=N–C) groups is 1. The van der Waals surface area contributed by atoms with Crippen molar-refractivity contribution in [3.8, 4) is 0 Å². The normalized spacial score (nSPS) is 13.2. The van der Waals surface area contributed by atoms with E-state index in [0.717, 1.165) is 17.9 Å². The van der Waals surface area contributed by atoms with Gasteiger partial charge in [0.1, 0.15) is 5.82 Å². The first kappa shape index (κ1) is 14.5. The summed E-state index contributed by atoms with van der Waals surface area (Å²) in [5.41, 5.74) is 0.726. The molecule has 3 nitrogen and oxygen atoms in total. The maximum atomic E-state index is 13.4. The molecule has 1 unspecified atom stereocenters. The Morgan fingerprint density at radius 2 is 2.11 bits per heavy atom. The molecule has 0 spiro atoms. The van der Waals surface area contributed by atoms with Gasteiger partial charge in [0.25, 0.3) is 0 Å². The lowest BCUT2D eigenvalue weighted by atomic mass is 10.1. The van der Waals surface area contributed by atoms with Crippen LogP contribution >= 0.6 is 0 Å². The van der Waals surface area contributed by atoms with Crippen LogP contribution < -0.4 is 10.6 Å². The molecule has 18 heavy (non-hydrogen) atoms. The van der Waals surface area contributed by atoms with Crippen LogP contribution in [0, 0.1) is 5.82 Å². The highest BCUT2D eigenvalue weighted by Gasteiger charge is 2.03. The largest absolute Gasteiger partial charge is 0.356 e. The maximum Gasteiger partial charge on any atom is 0.191 e. The van der Waals surface area contributed by atoms with Crippen LogP contribution in [-0.4, -0.2) is 25.6 Å². The van der Waals surface area contributed by atoms with Gasteiger partial charge in [-0.2, -0.15) is 0 Å². The van der Waals surface area contributed by atoms with Crippen molar-refractivity contribution in [3.05, 3.63) is 35.6 Å². The number of guanidine groups is 1. The summed E-state index contributed by atoms with van der Waals surface area (Å²) >= 11 is 0. The van der Waals surface area contributed by atoms with E-state index in [4.69, 9.17) is 0 Å². The van der Waals surface area contributed by atoms with E-state index in [1.54, 1.807) is 13.1 Å². The Morgan fingerprint density at radius 1 is 1.39 bits per heavy atom. The third kappa shape index (κ3) is 4.73. The number of halogens is 1. The van der Waals surface area contributed by atoms with Crippen LogP contribution in [0.2, 0.25) is 0 Å². The smallest absolute Gasteiger partial charge is 0.191 e. The van der Waals surface area contributed by atoms with Crippen LogP contribution in [0.5, 0.6) is 0 Å². The summed E-state index contributed by atoms with van der Waals surface area (Å²) in [6, 6.07) is 7.23. The van der Waals surface area contributed by atoms with Crippen molar-refractivity contribution >= 4 is 5.96 Å². The Labute approximate surface area is 109 Å². The van der Waals surface area contributed by atoms with E-state index in [1.165, 1.54) is 6.07 Å². The molecule has 0 amide bonds. The zero-order valence-corrected chi connectivity index (χ0v) is 11.3. The zero-order chi connectivity index (χ0) is 13.4. The van der Waals surface area contributed by atoms with Crippen molar-refractivity contribution in [1.29, 1.82) is 0 Å². The summed E-state index contributed by atoms with van der Waals surface area (Å²) in [4.78, 5) is 4.13. The first-order chi connectivity index (χ1) is 8.67. The molecule has 1 aromatic carbocycles. The van der Waals surface area contributed by atoms with E-state index >= 15 is 0 Å². The molecule has 0 heterocycles. The third-order valence-corrected chi connectivity index (χ3v) is 2.86. The summed E-state index contributed by atoms with van der Waals surface area (Å²) in [5, 5.41) is 6.44. The van der Waals surface area contributed by atoms with Crippen molar-refractivity contribution < 1.29 is 4.39 Å². The number of hydrogen-bond donors (Lipinski definition) is 2. The van der Waals surface area contributed by atoms with Gasteiger partial charge >= 0.3 is 0 Å². The second-order valence-electron chi connectivity index (χ2n) is 4.29. The molecule has 2 N–H and O–H groups in total. The number of hydrogen-bond acceptors (Lipinski definition) is 1. The van der Waals surface area contributed by atoms with Crippen molar-refractivity contribution in [1.82, 2.24) is 10.6 Å². The zero-order valence-electron chi connectivity index (χ0n) is 11.3. The Bertz CT molecular complexity index is 390. The highest BCUT2D eigenvalue weighted by molar-refractivity contribution is 5.79. The van der Waals surface area contributed by atoms with Gasteiger partial charge < -0.3 is 10.6 Å². The quantitative estimate of drug-likeness (QED) is 0.622. The van der Waals surface area contributed by atoms with Gasteiger partial charge in [-0.25, -0.2) is 4.39 Å². The molecule has 0 saturated carbocycles. The molecule has 0 aromatic heterocycles. The highest BCUT2D eigenvalue weighted by Crippen LogP contribution is 2.06. The standard InChI is InChI=1S/C14H22FN3/c1-4-11(2)18-14(16-3)17-10-9-12-7-5-6-8-13(12)15/h5-8,11H,4,9-10H2,1-3H3,(H2,16,17,18). The summed E-state index contributed by atoms with van der Waals surface area (Å²) in [7, 11) is 1.74. The molecule has 0 saturated heterocycles. The van der Waals surface area contributed by atoms with Gasteiger partial charge in [-0.15, -0.1) is 0 Å². The lowest BCUT2D eigenvalue weighted by Crippen LogP contribution is -2.42. The number of rotatable bonds is 5. The molecule has 1 rings (SSSR count). The van der Waals surface area contributed by atoms with E-state index in [2.05, 4.69) is 29.5 Å². The van der Waals surface area contributed by atoms with Crippen LogP contribution in [0.4, 0.5) is 4.39 Å². The van der Waals surface area contributed by atoms with E-state index < -0.39 is 0 Å². The van der Waals surface area contributed by atoms with Gasteiger partial charge in [0, 0.05) is 19.6 Å². The average molecular weight is 251 g/mol. The van der Waals surface area contributed by atoms with Crippen molar-refractivity contribution in [3.63, 3.8) is 0 Å². The summed E-state index contributed by atoms with van der Waals surface area (Å²) < 4.78 is 13.4. The van der Waals surface area contributed by atoms with E-state index in [1.807, 2.05) is 12.1 Å². The molecule has 0 aliphatic heterocycles. The molecular formula is C14H22FN3. The van der Waals surface area contributed by atoms with Crippen LogP contribution in [-0.2, 0) is 6.42 Å². The SMILES string of the molecule is CCC(C)NC(=NC)NCCc1ccccc1F. The van der Waals surface area contributed by atoms with Gasteiger partial charge in [-0.05, 0) is 31.4 Å². The van der Waals surface area contributed by atoms with E-state index in [-0.39, 0.29) is 5.82 Å². The van der Waals surface area contributed by atoms with Gasteiger partial charge in [-0.1, -0.05) is 25.1 Å². The Hall–Kier alpha value is -1.58. The lowest BCUT2D eigenvalue weighted by Gasteiger charge is -2.16. The Kier molecular flexibility index (Phi) is 6.19. The van der Waals surface area contributed by atoms with Crippen molar-refractivity contribution in [2.24, 2.45) is 4.99 Å². The van der Waals surface area contributed by atoms with E-state index in [9.17, 15) is 4.39 Å². The van der Waals surface area contributed by atoms with Crippen molar-refractivity contribution in [2.75, 3.05) is 13.6 Å². The molecule has 0 bridgehead atoms. The van der Waals surface area contributed by atoms with Crippen LogP contribution in [0.25, 0.3) is 0 Å². The lowest BCUT2D eigenvalue weighted by molar-refractivity contribution is 0.602. The van der Waals surface area contributed by atoms with Crippen LogP contribution in [0.1, 0.15) is 25.8 Å². The molecular weight excluding hydrogens is 229 g/mol. The molecule has 0 aliphatic carbocycles. The molecule has 1 atom stereocenters. The maximum absolute atomic E-state index is 13.4. The Morgan fingerprint density at radius 3 is 2.72 bits per heavy atom. The molecule has 0 radical (unpaired) electrons.